The van der Waals surface area contributed by atoms with Gasteiger partial charge >= 0.3 is 0 Å². The average Bonchev–Trinajstić information content (AvgIpc) is 2.44. The van der Waals surface area contributed by atoms with Crippen LogP contribution in [-0.4, -0.2) is 6.04 Å². The third-order valence-corrected chi connectivity index (χ3v) is 3.98. The van der Waals surface area contributed by atoms with Crippen LogP contribution in [-0.2, 0) is 0 Å². The Morgan fingerprint density at radius 2 is 2.09 bits per heavy atom. The van der Waals surface area contributed by atoms with Gasteiger partial charge in [-0.25, -0.2) is 0 Å². The summed E-state index contributed by atoms with van der Waals surface area (Å²) in [6, 6.07) is 0.571. The second-order valence-corrected chi connectivity index (χ2v) is 4.74. The van der Waals surface area contributed by atoms with Crippen LogP contribution in [0.15, 0.2) is 0 Å². The van der Waals surface area contributed by atoms with Crippen molar-refractivity contribution in [2.24, 2.45) is 23.1 Å². The van der Waals surface area contributed by atoms with Gasteiger partial charge in [0.1, 0.15) is 0 Å². The Labute approximate surface area is 68.5 Å². The molecule has 0 unspecified atom stereocenters. The molecule has 0 aromatic heterocycles. The molecule has 2 bridgehead atoms. The van der Waals surface area contributed by atoms with E-state index in [1.54, 1.807) is 0 Å². The first-order valence-electron chi connectivity index (χ1n) is 4.62. The van der Waals surface area contributed by atoms with Crippen molar-refractivity contribution in [1.29, 1.82) is 0 Å². The van der Waals surface area contributed by atoms with E-state index in [4.69, 9.17) is 5.84 Å². The molecular formula is C9H18N2. The van der Waals surface area contributed by atoms with Crippen molar-refractivity contribution in [3.8, 4) is 0 Å². The largest absolute Gasteiger partial charge is 0.271 e. The number of nitrogens with one attached hydrogen (secondary N) is 1. The maximum absolute atomic E-state index is 5.55. The minimum absolute atomic E-state index is 0.442. The van der Waals surface area contributed by atoms with Gasteiger partial charge in [0.15, 0.2) is 0 Å². The number of hydrazine groups is 1. The van der Waals surface area contributed by atoms with Crippen LogP contribution in [0.4, 0.5) is 0 Å². The monoisotopic (exact) mass is 154 g/mol. The lowest BCUT2D eigenvalue weighted by Gasteiger charge is -2.37. The number of hydrogen-bond acceptors (Lipinski definition) is 2. The van der Waals surface area contributed by atoms with Gasteiger partial charge in [-0.05, 0) is 36.5 Å². The molecule has 0 spiro atoms. The second kappa shape index (κ2) is 2.20. The minimum Gasteiger partial charge on any atom is -0.271 e. The fourth-order valence-corrected chi connectivity index (χ4v) is 3.21. The lowest BCUT2D eigenvalue weighted by atomic mass is 9.73. The van der Waals surface area contributed by atoms with Crippen LogP contribution in [0.5, 0.6) is 0 Å². The molecule has 0 aromatic rings. The number of nitrogens with two attached hydrogens (primary N) is 1. The Balaban J connectivity index is 2.21. The number of hydrogen-bond donors (Lipinski definition) is 2. The Hall–Kier alpha value is -0.0800. The Morgan fingerprint density at radius 3 is 2.45 bits per heavy atom. The van der Waals surface area contributed by atoms with Crippen LogP contribution in [0.2, 0.25) is 0 Å². The quantitative estimate of drug-likeness (QED) is 0.441. The van der Waals surface area contributed by atoms with Gasteiger partial charge in [0.05, 0.1) is 0 Å². The Kier molecular flexibility index (Phi) is 1.52. The van der Waals surface area contributed by atoms with Gasteiger partial charge in [-0.2, -0.15) is 0 Å². The first-order chi connectivity index (χ1) is 5.16. The summed E-state index contributed by atoms with van der Waals surface area (Å²) in [5.74, 6) is 7.33. The topological polar surface area (TPSA) is 38.0 Å². The van der Waals surface area contributed by atoms with E-state index in [1.807, 2.05) is 0 Å². The SMILES string of the molecule is CC1(C)[C@H]2CC[C@@H](C2)[C@@H]1NN. The van der Waals surface area contributed by atoms with Gasteiger partial charge in [-0.3, -0.25) is 11.3 Å². The van der Waals surface area contributed by atoms with Crippen molar-refractivity contribution >= 4 is 0 Å². The van der Waals surface area contributed by atoms with E-state index in [2.05, 4.69) is 19.3 Å². The smallest absolute Gasteiger partial charge is 0.0292 e. The maximum atomic E-state index is 5.55. The highest BCUT2D eigenvalue weighted by atomic mass is 15.2. The summed E-state index contributed by atoms with van der Waals surface area (Å²) >= 11 is 0. The fraction of sp³-hybridized carbons (Fsp3) is 1.00. The predicted molar refractivity (Wildman–Crippen MR) is 45.7 cm³/mol. The molecule has 2 aliphatic carbocycles. The Morgan fingerprint density at radius 1 is 1.36 bits per heavy atom. The molecule has 2 fully saturated rings. The molecule has 2 aliphatic rings. The molecule has 0 amide bonds. The molecule has 2 saturated carbocycles. The normalized spacial score (nSPS) is 46.6. The molecular weight excluding hydrogens is 136 g/mol. The summed E-state index contributed by atoms with van der Waals surface area (Å²) in [4.78, 5) is 0. The molecule has 0 radical (unpaired) electrons. The summed E-state index contributed by atoms with van der Waals surface area (Å²) in [7, 11) is 0. The zero-order valence-corrected chi connectivity index (χ0v) is 7.43. The summed E-state index contributed by atoms with van der Waals surface area (Å²) in [5, 5.41) is 0. The predicted octanol–water partition coefficient (Wildman–Crippen LogP) is 1.27. The van der Waals surface area contributed by atoms with E-state index >= 15 is 0 Å². The lowest BCUT2D eigenvalue weighted by Crippen LogP contribution is -2.49. The van der Waals surface area contributed by atoms with E-state index in [0.29, 0.717) is 11.5 Å². The summed E-state index contributed by atoms with van der Waals surface area (Å²) in [6.45, 7) is 4.70. The van der Waals surface area contributed by atoms with Crippen LogP contribution < -0.4 is 11.3 Å². The third kappa shape index (κ3) is 0.859. The van der Waals surface area contributed by atoms with Crippen molar-refractivity contribution < 1.29 is 0 Å². The van der Waals surface area contributed by atoms with E-state index in [1.165, 1.54) is 19.3 Å². The molecule has 2 heteroatoms. The molecule has 11 heavy (non-hydrogen) atoms. The maximum Gasteiger partial charge on any atom is 0.0292 e. The van der Waals surface area contributed by atoms with Crippen LogP contribution in [0.3, 0.4) is 0 Å². The first-order valence-corrected chi connectivity index (χ1v) is 4.62. The summed E-state index contributed by atoms with van der Waals surface area (Å²) < 4.78 is 0. The van der Waals surface area contributed by atoms with Gasteiger partial charge in [-0.15, -0.1) is 0 Å². The molecule has 2 rings (SSSR count). The van der Waals surface area contributed by atoms with Gasteiger partial charge in [0.2, 0.25) is 0 Å². The highest BCUT2D eigenvalue weighted by molar-refractivity contribution is 5.04. The summed E-state index contributed by atoms with van der Waals surface area (Å²) in [5.41, 5.74) is 3.43. The minimum atomic E-state index is 0.442. The van der Waals surface area contributed by atoms with E-state index in [9.17, 15) is 0 Å². The van der Waals surface area contributed by atoms with Crippen molar-refractivity contribution in [1.82, 2.24) is 5.43 Å². The molecule has 64 valence electrons. The standard InChI is InChI=1S/C9H18N2/c1-9(2)7-4-3-6(5-7)8(9)11-10/h6-8,11H,3-5,10H2,1-2H3/t6-,7-,8-/m0/s1. The second-order valence-electron chi connectivity index (χ2n) is 4.74. The van der Waals surface area contributed by atoms with Gasteiger partial charge in [-0.1, -0.05) is 13.8 Å². The molecule has 0 heterocycles. The van der Waals surface area contributed by atoms with Gasteiger partial charge < -0.3 is 0 Å². The van der Waals surface area contributed by atoms with Gasteiger partial charge in [0, 0.05) is 6.04 Å². The van der Waals surface area contributed by atoms with Crippen LogP contribution >= 0.6 is 0 Å². The molecule has 3 N–H and O–H groups in total. The number of fused-ring (bicyclic) bond motifs is 2. The first kappa shape index (κ1) is 7.56. The highest BCUT2D eigenvalue weighted by Gasteiger charge is 2.52. The molecule has 2 nitrogen and oxygen atoms in total. The van der Waals surface area contributed by atoms with Crippen LogP contribution in [0.1, 0.15) is 33.1 Å². The van der Waals surface area contributed by atoms with Crippen LogP contribution in [0.25, 0.3) is 0 Å². The van der Waals surface area contributed by atoms with Crippen molar-refractivity contribution in [3.63, 3.8) is 0 Å². The lowest BCUT2D eigenvalue weighted by molar-refractivity contribution is 0.152. The van der Waals surface area contributed by atoms with E-state index in [-0.39, 0.29) is 0 Å². The zero-order valence-electron chi connectivity index (χ0n) is 7.43. The molecule has 3 atom stereocenters. The van der Waals surface area contributed by atoms with Crippen molar-refractivity contribution in [3.05, 3.63) is 0 Å². The van der Waals surface area contributed by atoms with E-state index in [0.717, 1.165) is 11.8 Å². The average molecular weight is 154 g/mol. The van der Waals surface area contributed by atoms with Crippen LogP contribution in [0, 0.1) is 17.3 Å². The van der Waals surface area contributed by atoms with Crippen molar-refractivity contribution in [2.45, 2.75) is 39.2 Å². The van der Waals surface area contributed by atoms with E-state index < -0.39 is 0 Å². The number of rotatable bonds is 1. The highest BCUT2D eigenvalue weighted by Crippen LogP contribution is 2.55. The molecule has 0 aliphatic heterocycles. The third-order valence-electron chi connectivity index (χ3n) is 3.98. The Bertz CT molecular complexity index is 165. The molecule has 0 saturated heterocycles. The van der Waals surface area contributed by atoms with Crippen molar-refractivity contribution in [2.75, 3.05) is 0 Å². The molecule has 0 aromatic carbocycles. The van der Waals surface area contributed by atoms with Gasteiger partial charge in [0.25, 0.3) is 0 Å². The summed E-state index contributed by atoms with van der Waals surface area (Å²) in [6.07, 6.45) is 4.22. The fourth-order valence-electron chi connectivity index (χ4n) is 3.21. The zero-order chi connectivity index (χ0) is 8.06.